The second-order valence-corrected chi connectivity index (χ2v) is 6.00. The SMILES string of the molecule is O=S1(=O)NC(=NCCCn2ccnn2)c2ccccc21. The molecule has 1 aliphatic heterocycles. The minimum Gasteiger partial charge on any atom is -0.267 e. The molecule has 8 heteroatoms. The number of rotatable bonds is 4. The summed E-state index contributed by atoms with van der Waals surface area (Å²) in [5, 5.41) is 7.56. The molecule has 1 N–H and O–H groups in total. The van der Waals surface area contributed by atoms with Gasteiger partial charge in [0.25, 0.3) is 10.0 Å². The maximum Gasteiger partial charge on any atom is 0.263 e. The van der Waals surface area contributed by atoms with E-state index in [1.165, 1.54) is 0 Å². The Morgan fingerprint density at radius 2 is 2.15 bits per heavy atom. The molecule has 20 heavy (non-hydrogen) atoms. The molecular formula is C12H13N5O2S. The quantitative estimate of drug-likeness (QED) is 0.826. The predicted octanol–water partition coefficient (Wildman–Crippen LogP) is 0.407. The van der Waals surface area contributed by atoms with Crippen LogP contribution in [0.25, 0.3) is 0 Å². The molecule has 1 aromatic carbocycles. The van der Waals surface area contributed by atoms with E-state index in [2.05, 4.69) is 20.0 Å². The number of aryl methyl sites for hydroxylation is 1. The van der Waals surface area contributed by atoms with E-state index in [1.54, 1.807) is 41.3 Å². The second-order valence-electron chi connectivity index (χ2n) is 4.35. The highest BCUT2D eigenvalue weighted by molar-refractivity contribution is 7.90. The Labute approximate surface area is 116 Å². The summed E-state index contributed by atoms with van der Waals surface area (Å²) in [6.45, 7) is 1.22. The fourth-order valence-electron chi connectivity index (χ4n) is 2.03. The highest BCUT2D eigenvalue weighted by Gasteiger charge is 2.29. The molecule has 1 aliphatic rings. The molecule has 104 valence electrons. The monoisotopic (exact) mass is 291 g/mol. The largest absolute Gasteiger partial charge is 0.267 e. The Balaban J connectivity index is 1.71. The maximum absolute atomic E-state index is 11.9. The van der Waals surface area contributed by atoms with Crippen molar-refractivity contribution >= 4 is 15.9 Å². The topological polar surface area (TPSA) is 89.2 Å². The third kappa shape index (κ3) is 2.42. The van der Waals surface area contributed by atoms with Crippen LogP contribution in [0.2, 0.25) is 0 Å². The minimum atomic E-state index is -3.44. The van der Waals surface area contributed by atoms with E-state index < -0.39 is 10.0 Å². The van der Waals surface area contributed by atoms with Crippen molar-refractivity contribution in [3.8, 4) is 0 Å². The molecule has 0 radical (unpaired) electrons. The maximum atomic E-state index is 11.9. The van der Waals surface area contributed by atoms with Crippen molar-refractivity contribution < 1.29 is 8.42 Å². The van der Waals surface area contributed by atoms with Crippen molar-refractivity contribution in [3.63, 3.8) is 0 Å². The van der Waals surface area contributed by atoms with Crippen LogP contribution in [0.4, 0.5) is 0 Å². The zero-order valence-corrected chi connectivity index (χ0v) is 11.4. The Morgan fingerprint density at radius 1 is 1.30 bits per heavy atom. The predicted molar refractivity (Wildman–Crippen MR) is 72.8 cm³/mol. The number of nitrogens with zero attached hydrogens (tertiary/aromatic N) is 4. The van der Waals surface area contributed by atoms with Crippen LogP contribution in [0.3, 0.4) is 0 Å². The summed E-state index contributed by atoms with van der Waals surface area (Å²) in [6.07, 6.45) is 4.16. The molecule has 2 heterocycles. The van der Waals surface area contributed by atoms with E-state index in [4.69, 9.17) is 0 Å². The Morgan fingerprint density at radius 3 is 2.95 bits per heavy atom. The van der Waals surface area contributed by atoms with Crippen molar-refractivity contribution in [3.05, 3.63) is 42.2 Å². The van der Waals surface area contributed by atoms with Gasteiger partial charge in [0.05, 0.1) is 11.1 Å². The molecule has 2 aromatic rings. The van der Waals surface area contributed by atoms with E-state index in [0.29, 0.717) is 24.5 Å². The molecule has 1 aromatic heterocycles. The molecule has 0 saturated heterocycles. The first-order valence-corrected chi connectivity index (χ1v) is 7.66. The second kappa shape index (κ2) is 5.04. The van der Waals surface area contributed by atoms with Gasteiger partial charge in [0.1, 0.15) is 5.84 Å². The number of aromatic nitrogens is 3. The van der Waals surface area contributed by atoms with Crippen LogP contribution in [0.1, 0.15) is 12.0 Å². The molecule has 0 spiro atoms. The Hall–Kier alpha value is -2.22. The average Bonchev–Trinajstić information content (AvgIpc) is 3.03. The van der Waals surface area contributed by atoms with Crippen LogP contribution >= 0.6 is 0 Å². The van der Waals surface area contributed by atoms with E-state index in [1.807, 2.05) is 0 Å². The lowest BCUT2D eigenvalue weighted by atomic mass is 10.2. The lowest BCUT2D eigenvalue weighted by Crippen LogP contribution is -2.22. The van der Waals surface area contributed by atoms with Crippen molar-refractivity contribution in [2.75, 3.05) is 6.54 Å². The Kier molecular flexibility index (Phi) is 3.23. The van der Waals surface area contributed by atoms with Gasteiger partial charge in [0.2, 0.25) is 0 Å². The first kappa shape index (κ1) is 12.8. The summed E-state index contributed by atoms with van der Waals surface area (Å²) >= 11 is 0. The summed E-state index contributed by atoms with van der Waals surface area (Å²) in [4.78, 5) is 4.61. The minimum absolute atomic E-state index is 0.287. The number of hydrogen-bond donors (Lipinski definition) is 1. The highest BCUT2D eigenvalue weighted by Crippen LogP contribution is 2.22. The van der Waals surface area contributed by atoms with Gasteiger partial charge in [-0.15, -0.1) is 5.10 Å². The zero-order chi connectivity index (χ0) is 14.0. The fraction of sp³-hybridized carbons (Fsp3) is 0.250. The van der Waals surface area contributed by atoms with Gasteiger partial charge in [-0.05, 0) is 18.6 Å². The van der Waals surface area contributed by atoms with Gasteiger partial charge >= 0.3 is 0 Å². The number of nitrogens with one attached hydrogen (secondary N) is 1. The van der Waals surface area contributed by atoms with E-state index in [9.17, 15) is 8.42 Å². The molecule has 0 aliphatic carbocycles. The highest BCUT2D eigenvalue weighted by atomic mass is 32.2. The number of hydrogen-bond acceptors (Lipinski definition) is 5. The smallest absolute Gasteiger partial charge is 0.263 e. The van der Waals surface area contributed by atoms with Gasteiger partial charge in [-0.25, -0.2) is 8.42 Å². The lowest BCUT2D eigenvalue weighted by Gasteiger charge is -2.00. The molecule has 0 unspecified atom stereocenters. The number of sulfonamides is 1. The molecule has 3 rings (SSSR count). The van der Waals surface area contributed by atoms with E-state index >= 15 is 0 Å². The molecular weight excluding hydrogens is 278 g/mol. The van der Waals surface area contributed by atoms with Gasteiger partial charge in [0.15, 0.2) is 0 Å². The van der Waals surface area contributed by atoms with Gasteiger partial charge in [-0.1, -0.05) is 17.3 Å². The molecule has 7 nitrogen and oxygen atoms in total. The van der Waals surface area contributed by atoms with Crippen molar-refractivity contribution in [2.45, 2.75) is 17.9 Å². The third-order valence-corrected chi connectivity index (χ3v) is 4.35. The van der Waals surface area contributed by atoms with Gasteiger partial charge in [0, 0.05) is 24.8 Å². The molecule has 0 amide bonds. The summed E-state index contributed by atoms with van der Waals surface area (Å²) in [5.41, 5.74) is 0.633. The third-order valence-electron chi connectivity index (χ3n) is 2.95. The lowest BCUT2D eigenvalue weighted by molar-refractivity contribution is 0.564. The van der Waals surface area contributed by atoms with Gasteiger partial charge in [-0.3, -0.25) is 14.4 Å². The van der Waals surface area contributed by atoms with Crippen LogP contribution in [0.15, 0.2) is 46.5 Å². The molecule has 0 fully saturated rings. The number of aliphatic imine (C=N–C) groups is 1. The van der Waals surface area contributed by atoms with E-state index in [0.717, 1.165) is 6.42 Å². The van der Waals surface area contributed by atoms with Crippen molar-refractivity contribution in [2.24, 2.45) is 4.99 Å². The molecule has 0 bridgehead atoms. The fourth-order valence-corrected chi connectivity index (χ4v) is 3.28. The normalized spacial score (nSPS) is 17.9. The number of amidine groups is 1. The first-order chi connectivity index (χ1) is 9.67. The summed E-state index contributed by atoms with van der Waals surface area (Å²) in [5.74, 6) is 0.416. The summed E-state index contributed by atoms with van der Waals surface area (Å²) in [6, 6.07) is 6.83. The van der Waals surface area contributed by atoms with Crippen LogP contribution in [-0.2, 0) is 16.6 Å². The van der Waals surface area contributed by atoms with Crippen molar-refractivity contribution in [1.29, 1.82) is 0 Å². The van der Waals surface area contributed by atoms with Gasteiger partial charge < -0.3 is 0 Å². The van der Waals surface area contributed by atoms with Crippen LogP contribution in [0, 0.1) is 0 Å². The van der Waals surface area contributed by atoms with Crippen LogP contribution in [-0.4, -0.2) is 35.8 Å². The van der Waals surface area contributed by atoms with Crippen LogP contribution in [0.5, 0.6) is 0 Å². The summed E-state index contributed by atoms with van der Waals surface area (Å²) in [7, 11) is -3.44. The van der Waals surface area contributed by atoms with E-state index in [-0.39, 0.29) is 4.90 Å². The van der Waals surface area contributed by atoms with Crippen LogP contribution < -0.4 is 4.72 Å². The average molecular weight is 291 g/mol. The van der Waals surface area contributed by atoms with Gasteiger partial charge in [-0.2, -0.15) is 0 Å². The molecule has 0 atom stereocenters. The molecule has 0 saturated carbocycles. The standard InChI is InChI=1S/C12H13N5O2S/c18-20(19)11-5-2-1-4-10(11)12(15-20)13-6-3-8-17-9-7-14-16-17/h1-2,4-5,7,9H,3,6,8H2,(H,13,15). The first-order valence-electron chi connectivity index (χ1n) is 6.17. The van der Waals surface area contributed by atoms with Crippen molar-refractivity contribution in [1.82, 2.24) is 19.7 Å². The summed E-state index contributed by atoms with van der Waals surface area (Å²) < 4.78 is 27.9. The Bertz CT molecular complexity index is 737. The number of benzene rings is 1. The number of fused-ring (bicyclic) bond motifs is 1. The zero-order valence-electron chi connectivity index (χ0n) is 10.6.